The second kappa shape index (κ2) is 8.32. The lowest BCUT2D eigenvalue weighted by molar-refractivity contribution is -0.130. The van der Waals surface area contributed by atoms with Crippen molar-refractivity contribution in [1.82, 2.24) is 14.5 Å². The Balaban J connectivity index is 1.27. The topological polar surface area (TPSA) is 77.6 Å². The van der Waals surface area contributed by atoms with Crippen molar-refractivity contribution in [3.63, 3.8) is 0 Å². The molecule has 0 N–H and O–H groups in total. The van der Waals surface area contributed by atoms with E-state index in [0.717, 1.165) is 29.6 Å². The molecule has 0 radical (unpaired) electrons. The molecule has 0 unspecified atom stereocenters. The number of carbonyl (C=O) groups is 1. The minimum absolute atomic E-state index is 0.00949. The quantitative estimate of drug-likeness (QED) is 0.599. The maximum Gasteiger partial charge on any atom is 0.257 e. The van der Waals surface area contributed by atoms with Gasteiger partial charge < -0.3 is 18.6 Å². The predicted molar refractivity (Wildman–Crippen MR) is 111 cm³/mol. The third kappa shape index (κ3) is 4.48. The first-order valence-corrected chi connectivity index (χ1v) is 10.6. The molecule has 1 amide bonds. The highest BCUT2D eigenvalue weighted by Gasteiger charge is 2.24. The molecule has 1 aliphatic heterocycles. The van der Waals surface area contributed by atoms with Gasteiger partial charge in [-0.1, -0.05) is 23.9 Å². The number of hydrogen-bond donors (Lipinski definition) is 0. The number of piperidine rings is 1. The van der Waals surface area contributed by atoms with Crippen LogP contribution in [0.25, 0.3) is 11.1 Å². The first kappa shape index (κ1) is 19.6. The van der Waals surface area contributed by atoms with Crippen molar-refractivity contribution < 1.29 is 13.9 Å². The van der Waals surface area contributed by atoms with Crippen molar-refractivity contribution in [2.24, 2.45) is 7.05 Å². The summed E-state index contributed by atoms with van der Waals surface area (Å²) in [7, 11) is 1.74. The Morgan fingerprint density at radius 1 is 1.28 bits per heavy atom. The van der Waals surface area contributed by atoms with Gasteiger partial charge in [0.1, 0.15) is 17.4 Å². The molecule has 0 bridgehead atoms. The lowest BCUT2D eigenvalue weighted by Gasteiger charge is -2.32. The van der Waals surface area contributed by atoms with Crippen molar-refractivity contribution in [2.75, 3.05) is 18.8 Å². The van der Waals surface area contributed by atoms with Crippen molar-refractivity contribution in [3.8, 4) is 5.75 Å². The number of amides is 1. The largest absolute Gasteiger partial charge is 0.490 e. The monoisotopic (exact) mass is 413 g/mol. The molecule has 1 fully saturated rings. The van der Waals surface area contributed by atoms with Crippen LogP contribution in [-0.2, 0) is 11.8 Å². The molecule has 0 aliphatic carbocycles. The van der Waals surface area contributed by atoms with Gasteiger partial charge in [-0.05, 0) is 25.1 Å². The molecule has 152 valence electrons. The van der Waals surface area contributed by atoms with Gasteiger partial charge in [0.15, 0.2) is 5.58 Å². The molecule has 3 aromatic rings. The standard InChI is InChI=1S/C21H23N3O4S/c1-14-11-16(12-19(25)23(14)2)27-15-7-9-24(10-8-15)20(26)13-29-21-22-17-5-3-4-6-18(17)28-21/h3-6,11-12,15H,7-10,13H2,1-2H3. The molecule has 7 nitrogen and oxygen atoms in total. The number of benzene rings is 1. The fourth-order valence-electron chi connectivity index (χ4n) is 3.35. The molecule has 1 aromatic carbocycles. The summed E-state index contributed by atoms with van der Waals surface area (Å²) in [6, 6.07) is 10.9. The van der Waals surface area contributed by atoms with E-state index in [1.165, 1.54) is 17.8 Å². The van der Waals surface area contributed by atoms with Gasteiger partial charge in [-0.2, -0.15) is 0 Å². The SMILES string of the molecule is Cc1cc(OC2CCN(C(=O)CSc3nc4ccccc4o3)CC2)cc(=O)n1C. The third-order valence-electron chi connectivity index (χ3n) is 5.17. The van der Waals surface area contributed by atoms with E-state index >= 15 is 0 Å². The van der Waals surface area contributed by atoms with Crippen LogP contribution in [0.4, 0.5) is 0 Å². The van der Waals surface area contributed by atoms with E-state index in [0.29, 0.717) is 29.8 Å². The van der Waals surface area contributed by atoms with Crippen molar-refractivity contribution >= 4 is 28.8 Å². The fourth-order valence-corrected chi connectivity index (χ4v) is 4.09. The zero-order valence-corrected chi connectivity index (χ0v) is 17.3. The zero-order chi connectivity index (χ0) is 20.4. The molecule has 2 aromatic heterocycles. The van der Waals surface area contributed by atoms with E-state index < -0.39 is 0 Å². The maximum absolute atomic E-state index is 12.5. The van der Waals surface area contributed by atoms with Gasteiger partial charge in [0.05, 0.1) is 5.75 Å². The number of rotatable bonds is 5. The van der Waals surface area contributed by atoms with Crippen LogP contribution in [0.1, 0.15) is 18.5 Å². The summed E-state index contributed by atoms with van der Waals surface area (Å²) >= 11 is 1.32. The predicted octanol–water partition coefficient (Wildman–Crippen LogP) is 3.00. The Morgan fingerprint density at radius 3 is 2.76 bits per heavy atom. The number of likely N-dealkylation sites (tertiary alicyclic amines) is 1. The highest BCUT2D eigenvalue weighted by molar-refractivity contribution is 7.99. The van der Waals surface area contributed by atoms with Crippen LogP contribution in [0, 0.1) is 6.92 Å². The number of ether oxygens (including phenoxy) is 1. The van der Waals surface area contributed by atoms with Crippen LogP contribution in [0.2, 0.25) is 0 Å². The van der Waals surface area contributed by atoms with Crippen molar-refractivity contribution in [3.05, 3.63) is 52.4 Å². The number of nitrogens with zero attached hydrogens (tertiary/aromatic N) is 3. The van der Waals surface area contributed by atoms with Gasteiger partial charge in [-0.15, -0.1) is 0 Å². The molecule has 4 rings (SSSR count). The maximum atomic E-state index is 12.5. The second-order valence-corrected chi connectivity index (χ2v) is 8.09. The minimum atomic E-state index is -0.0798. The molecular formula is C21H23N3O4S. The molecule has 0 saturated carbocycles. The summed E-state index contributed by atoms with van der Waals surface area (Å²) in [5.74, 6) is 0.966. The first-order valence-electron chi connectivity index (χ1n) is 9.60. The van der Waals surface area contributed by atoms with Crippen LogP contribution in [-0.4, -0.2) is 45.3 Å². The number of para-hydroxylation sites is 2. The van der Waals surface area contributed by atoms with Gasteiger partial charge in [0, 0.05) is 44.7 Å². The summed E-state index contributed by atoms with van der Waals surface area (Å²) in [6.07, 6.45) is 1.50. The number of pyridine rings is 1. The van der Waals surface area contributed by atoms with Crippen LogP contribution in [0.5, 0.6) is 5.75 Å². The van der Waals surface area contributed by atoms with E-state index in [-0.39, 0.29) is 17.6 Å². The lowest BCUT2D eigenvalue weighted by Crippen LogP contribution is -2.42. The fraction of sp³-hybridized carbons (Fsp3) is 0.381. The van der Waals surface area contributed by atoms with Crippen molar-refractivity contribution in [2.45, 2.75) is 31.1 Å². The Hall–Kier alpha value is -2.74. The lowest BCUT2D eigenvalue weighted by atomic mass is 10.1. The van der Waals surface area contributed by atoms with Gasteiger partial charge in [-0.3, -0.25) is 9.59 Å². The summed E-state index contributed by atoms with van der Waals surface area (Å²) in [5, 5.41) is 0.513. The molecule has 0 atom stereocenters. The molecule has 1 aliphatic rings. The smallest absolute Gasteiger partial charge is 0.257 e. The van der Waals surface area contributed by atoms with Gasteiger partial charge in [0.25, 0.3) is 10.8 Å². The Kier molecular flexibility index (Phi) is 5.62. The van der Waals surface area contributed by atoms with E-state index in [9.17, 15) is 9.59 Å². The van der Waals surface area contributed by atoms with Crippen LogP contribution < -0.4 is 10.3 Å². The normalized spacial score (nSPS) is 15.0. The number of aromatic nitrogens is 2. The highest BCUT2D eigenvalue weighted by atomic mass is 32.2. The Labute approximate surface area is 172 Å². The number of carbonyl (C=O) groups excluding carboxylic acids is 1. The van der Waals surface area contributed by atoms with Crippen LogP contribution in [0.15, 0.2) is 50.8 Å². The minimum Gasteiger partial charge on any atom is -0.490 e. The number of aryl methyl sites for hydroxylation is 1. The molecule has 29 heavy (non-hydrogen) atoms. The zero-order valence-electron chi connectivity index (χ0n) is 16.5. The molecule has 3 heterocycles. The average molecular weight is 413 g/mol. The van der Waals surface area contributed by atoms with E-state index in [1.54, 1.807) is 11.6 Å². The van der Waals surface area contributed by atoms with E-state index in [4.69, 9.17) is 9.15 Å². The molecule has 1 saturated heterocycles. The van der Waals surface area contributed by atoms with E-state index in [2.05, 4.69) is 4.98 Å². The summed E-state index contributed by atoms with van der Waals surface area (Å²) in [6.45, 7) is 3.16. The van der Waals surface area contributed by atoms with E-state index in [1.807, 2.05) is 42.2 Å². The van der Waals surface area contributed by atoms with Crippen LogP contribution >= 0.6 is 11.8 Å². The number of oxazole rings is 1. The Bertz CT molecular complexity index is 1050. The summed E-state index contributed by atoms with van der Waals surface area (Å²) in [4.78, 5) is 30.7. The molecular weight excluding hydrogens is 390 g/mol. The number of thioether (sulfide) groups is 1. The molecule has 8 heteroatoms. The highest BCUT2D eigenvalue weighted by Crippen LogP contribution is 2.24. The summed E-state index contributed by atoms with van der Waals surface area (Å²) < 4.78 is 13.2. The van der Waals surface area contributed by atoms with Gasteiger partial charge in [-0.25, -0.2) is 4.98 Å². The van der Waals surface area contributed by atoms with Crippen molar-refractivity contribution in [1.29, 1.82) is 0 Å². The molecule has 0 spiro atoms. The average Bonchev–Trinajstić information content (AvgIpc) is 3.14. The van der Waals surface area contributed by atoms with Crippen LogP contribution in [0.3, 0.4) is 0 Å². The van der Waals surface area contributed by atoms with Gasteiger partial charge >= 0.3 is 0 Å². The second-order valence-electron chi connectivity index (χ2n) is 7.16. The summed E-state index contributed by atoms with van der Waals surface area (Å²) in [5.41, 5.74) is 2.30. The third-order valence-corrected chi connectivity index (χ3v) is 5.98. The number of fused-ring (bicyclic) bond motifs is 1. The number of hydrogen-bond acceptors (Lipinski definition) is 6. The Morgan fingerprint density at radius 2 is 2.03 bits per heavy atom. The first-order chi connectivity index (χ1) is 14.0. The van der Waals surface area contributed by atoms with Gasteiger partial charge in [0.2, 0.25) is 5.91 Å².